The summed E-state index contributed by atoms with van der Waals surface area (Å²) < 4.78 is 45.0. The minimum absolute atomic E-state index is 0. The number of primary sulfonamides is 2. The van der Waals surface area contributed by atoms with Gasteiger partial charge in [0.1, 0.15) is 34.2 Å². The van der Waals surface area contributed by atoms with Crippen molar-refractivity contribution in [3.8, 4) is 23.0 Å². The second kappa shape index (κ2) is 18.1. The van der Waals surface area contributed by atoms with Gasteiger partial charge in [0.15, 0.2) is 11.5 Å². The van der Waals surface area contributed by atoms with Crippen LogP contribution in [-0.4, -0.2) is 37.3 Å². The quantitative estimate of drug-likeness (QED) is 0.0822. The number of phenols is 4. The van der Waals surface area contributed by atoms with Crippen molar-refractivity contribution in [3.05, 3.63) is 105 Å². The standard InChI is InChI=1S/2C16H11Cl2N3O4S.Cr.Na/c2*17-10-3-4-11(18)15-9(10)2-6-13(16(15)23)21-20-12-5-1-8(7-14(12)22)26(19,24)25;;/h2*1-7,22-23H,(H2,19,24,25);;/q;;;+1. The zero-order valence-electron chi connectivity index (χ0n) is 27.2. The summed E-state index contributed by atoms with van der Waals surface area (Å²) >= 11 is 24.4. The number of phenolic OH excluding ortho intramolecular Hbond substituents is 4. The second-order valence-electron chi connectivity index (χ2n) is 10.6. The Morgan fingerprint density at radius 3 is 1.07 bits per heavy atom. The molecule has 6 aromatic rings. The fourth-order valence-corrected chi connectivity index (χ4v) is 6.60. The number of benzene rings is 6. The molecule has 6 aromatic carbocycles. The van der Waals surface area contributed by atoms with Crippen molar-refractivity contribution in [3.63, 3.8) is 0 Å². The van der Waals surface area contributed by atoms with Crippen molar-refractivity contribution in [2.45, 2.75) is 9.79 Å². The Labute approximate surface area is 360 Å². The Kier molecular flexibility index (Phi) is 15.2. The maximum Gasteiger partial charge on any atom is 1.00 e. The molecular formula is C32H22Cl4CrN6NaO8S2+. The molecule has 0 fully saturated rings. The van der Waals surface area contributed by atoms with Gasteiger partial charge in [0, 0.05) is 61.1 Å². The van der Waals surface area contributed by atoms with E-state index in [1.165, 1.54) is 36.4 Å². The minimum atomic E-state index is -3.95. The Morgan fingerprint density at radius 2 is 0.759 bits per heavy atom. The number of nitrogens with two attached hydrogens (primary N) is 2. The Hall–Kier alpha value is -3.25. The van der Waals surface area contributed by atoms with Crippen LogP contribution in [0.15, 0.2) is 115 Å². The molecule has 0 atom stereocenters. The Balaban J connectivity index is 0.000000280. The summed E-state index contributed by atoms with van der Waals surface area (Å²) in [7, 11) is -7.90. The number of fused-ring (bicyclic) bond motifs is 2. The zero-order chi connectivity index (χ0) is 38.1. The summed E-state index contributed by atoms with van der Waals surface area (Å²) in [5.74, 6) is -1.30. The Bertz CT molecular complexity index is 2530. The molecule has 54 heavy (non-hydrogen) atoms. The molecule has 6 rings (SSSR count). The zero-order valence-corrected chi connectivity index (χ0v) is 35.1. The molecule has 0 radical (unpaired) electrons. The topological polar surface area (TPSA) is 251 Å². The number of nitrogens with zero attached hydrogens (tertiary/aromatic N) is 4. The molecule has 22 heteroatoms. The smallest absolute Gasteiger partial charge is 0.506 e. The number of halogens is 4. The van der Waals surface area contributed by atoms with E-state index in [0.29, 0.717) is 41.6 Å². The van der Waals surface area contributed by atoms with Crippen LogP contribution < -0.4 is 39.8 Å². The van der Waals surface area contributed by atoms with E-state index in [0.717, 1.165) is 12.1 Å². The van der Waals surface area contributed by atoms with Gasteiger partial charge in [-0.15, -0.1) is 20.5 Å². The van der Waals surface area contributed by atoms with Gasteiger partial charge in [0.2, 0.25) is 20.0 Å². The van der Waals surface area contributed by atoms with Crippen molar-refractivity contribution in [1.82, 2.24) is 0 Å². The van der Waals surface area contributed by atoms with Gasteiger partial charge in [-0.05, 0) is 60.7 Å². The van der Waals surface area contributed by atoms with Crippen molar-refractivity contribution in [2.24, 2.45) is 30.7 Å². The summed E-state index contributed by atoms with van der Waals surface area (Å²) in [4.78, 5) is -0.521. The first-order chi connectivity index (χ1) is 24.4. The summed E-state index contributed by atoms with van der Waals surface area (Å²) in [5.41, 5.74) is 0.177. The van der Waals surface area contributed by atoms with E-state index in [1.807, 2.05) is 0 Å². The molecule has 8 N–H and O–H groups in total. The molecule has 0 aliphatic rings. The monoisotopic (exact) mass is 897 g/mol. The number of rotatable bonds is 6. The maximum absolute atomic E-state index is 11.3. The van der Waals surface area contributed by atoms with Crippen LogP contribution in [-0.2, 0) is 37.4 Å². The fraction of sp³-hybridized carbons (Fsp3) is 0. The average Bonchev–Trinajstić information content (AvgIpc) is 3.07. The van der Waals surface area contributed by atoms with Crippen LogP contribution in [0.5, 0.6) is 23.0 Å². The third-order valence-corrected chi connectivity index (χ3v) is 10.3. The third kappa shape index (κ3) is 10.1. The molecule has 0 bridgehead atoms. The molecule has 0 amide bonds. The van der Waals surface area contributed by atoms with Crippen molar-refractivity contribution >= 4 is 111 Å². The first kappa shape index (κ1) is 45.1. The van der Waals surface area contributed by atoms with E-state index < -0.39 is 31.5 Å². The summed E-state index contributed by atoms with van der Waals surface area (Å²) in [5, 5.41) is 69.1. The minimum Gasteiger partial charge on any atom is -0.506 e. The molecule has 0 heterocycles. The van der Waals surface area contributed by atoms with E-state index >= 15 is 0 Å². The number of azo groups is 2. The van der Waals surface area contributed by atoms with Gasteiger partial charge in [-0.2, -0.15) is 0 Å². The largest absolute Gasteiger partial charge is 1.00 e. The summed E-state index contributed by atoms with van der Waals surface area (Å²) in [6, 6.07) is 19.3. The van der Waals surface area contributed by atoms with Crippen LogP contribution in [0, 0.1) is 0 Å². The number of sulfonamides is 2. The molecule has 0 unspecified atom stereocenters. The van der Waals surface area contributed by atoms with Crippen LogP contribution in [0.3, 0.4) is 0 Å². The summed E-state index contributed by atoms with van der Waals surface area (Å²) in [6.45, 7) is 0. The molecule has 0 saturated carbocycles. The van der Waals surface area contributed by atoms with Gasteiger partial charge >= 0.3 is 29.6 Å². The third-order valence-electron chi connectivity index (χ3n) is 7.14. The normalized spacial score (nSPS) is 11.7. The van der Waals surface area contributed by atoms with Crippen LogP contribution in [0.25, 0.3) is 21.5 Å². The Morgan fingerprint density at radius 1 is 0.463 bits per heavy atom. The fourth-order valence-electron chi connectivity index (χ4n) is 4.59. The van der Waals surface area contributed by atoms with Crippen molar-refractivity contribution in [2.75, 3.05) is 0 Å². The molecule has 0 aliphatic heterocycles. The van der Waals surface area contributed by atoms with Crippen LogP contribution >= 0.6 is 46.4 Å². The average molecular weight is 899 g/mol. The first-order valence-electron chi connectivity index (χ1n) is 14.1. The van der Waals surface area contributed by atoms with Gasteiger partial charge < -0.3 is 20.4 Å². The van der Waals surface area contributed by atoms with Gasteiger partial charge in [-0.1, -0.05) is 58.5 Å². The molecular weight excluding hydrogens is 877 g/mol. The number of hydrogen-bond donors (Lipinski definition) is 6. The van der Waals surface area contributed by atoms with Crippen molar-refractivity contribution < 1.29 is 84.2 Å². The SMILES string of the molecule is NS(=O)(=O)c1ccc(N=Nc2ccc3c(Cl)ccc(Cl)c3c2O)c(O)c1.NS(=O)(=O)c1ccc(N=Nc2ccc3c(Cl)ccc(Cl)c3c2O)c(O)c1.[Cr].[Na+]. The van der Waals surface area contributed by atoms with E-state index in [-0.39, 0.29) is 91.0 Å². The second-order valence-corrected chi connectivity index (χ2v) is 15.3. The predicted octanol–water partition coefficient (Wildman–Crippen LogP) is 6.24. The van der Waals surface area contributed by atoms with E-state index in [2.05, 4.69) is 20.5 Å². The van der Waals surface area contributed by atoms with E-state index in [4.69, 9.17) is 56.7 Å². The van der Waals surface area contributed by atoms with E-state index in [9.17, 15) is 37.3 Å². The van der Waals surface area contributed by atoms with Gasteiger partial charge in [-0.3, -0.25) is 0 Å². The van der Waals surface area contributed by atoms with E-state index in [1.54, 1.807) is 36.4 Å². The number of aromatic hydroxyl groups is 4. The predicted molar refractivity (Wildman–Crippen MR) is 199 cm³/mol. The van der Waals surface area contributed by atoms with Crippen LogP contribution in [0.2, 0.25) is 20.1 Å². The van der Waals surface area contributed by atoms with Crippen LogP contribution in [0.1, 0.15) is 0 Å². The van der Waals surface area contributed by atoms with Crippen LogP contribution in [0.4, 0.5) is 22.7 Å². The first-order valence-corrected chi connectivity index (χ1v) is 18.7. The maximum atomic E-state index is 11.3. The molecule has 14 nitrogen and oxygen atoms in total. The molecule has 0 spiro atoms. The molecule has 274 valence electrons. The summed E-state index contributed by atoms with van der Waals surface area (Å²) in [6.07, 6.45) is 0. The van der Waals surface area contributed by atoms with Gasteiger partial charge in [0.05, 0.1) is 19.8 Å². The van der Waals surface area contributed by atoms with Gasteiger partial charge in [0.25, 0.3) is 0 Å². The van der Waals surface area contributed by atoms with Gasteiger partial charge in [-0.25, -0.2) is 27.1 Å². The molecule has 0 aliphatic carbocycles. The molecule has 0 aromatic heterocycles. The number of hydrogen-bond acceptors (Lipinski definition) is 12. The van der Waals surface area contributed by atoms with Crippen molar-refractivity contribution in [1.29, 1.82) is 0 Å². The molecule has 0 saturated heterocycles.